The van der Waals surface area contributed by atoms with Crippen molar-refractivity contribution in [1.82, 2.24) is 0 Å². The van der Waals surface area contributed by atoms with Crippen LogP contribution in [0.5, 0.6) is 0 Å². The molecule has 0 N–H and O–H groups in total. The van der Waals surface area contributed by atoms with Crippen molar-refractivity contribution in [1.29, 1.82) is 0 Å². The largest absolute Gasteiger partial charge is 1.00 e. The SMILES string of the molecule is Cl.Cl.Cl.Cl.Cl.Cl.[H-].[H-].[H-].[H-].[H-].[Na+].[Na+].[Na+].[Na+].[Na+]. The summed E-state index contributed by atoms with van der Waals surface area (Å²) < 4.78 is 0. The van der Waals surface area contributed by atoms with Gasteiger partial charge in [0.2, 0.25) is 0 Å². The Bertz CT molecular complexity index is 25.3. The molecule has 0 aliphatic heterocycles. The first-order valence-electron chi connectivity index (χ1n) is 0. The first-order chi connectivity index (χ1) is 0. The summed E-state index contributed by atoms with van der Waals surface area (Å²) in [6, 6.07) is 0. The summed E-state index contributed by atoms with van der Waals surface area (Å²) in [7, 11) is 0. The molecule has 0 fully saturated rings. The van der Waals surface area contributed by atoms with Gasteiger partial charge in [-0.25, -0.2) is 0 Å². The molecule has 0 bridgehead atoms. The molecule has 0 unspecified atom stereocenters. The zero-order chi connectivity index (χ0) is 0. The zero-order valence-corrected chi connectivity index (χ0v) is 22.3. The fraction of sp³-hybridized carbons (Fsp3) is 0. The minimum absolute atomic E-state index is 0. The Hall–Kier alpha value is 6.74. The first kappa shape index (κ1) is 109. The van der Waals surface area contributed by atoms with Crippen LogP contribution in [-0.4, -0.2) is 0 Å². The van der Waals surface area contributed by atoms with Gasteiger partial charge in [0.25, 0.3) is 0 Å². The normalized spacial score (nSPS) is 0. The number of hydrogen-bond acceptors (Lipinski definition) is 0. The van der Waals surface area contributed by atoms with Crippen molar-refractivity contribution in [2.75, 3.05) is 0 Å². The van der Waals surface area contributed by atoms with Crippen LogP contribution in [0.1, 0.15) is 7.13 Å². The number of halogens is 6. The number of rotatable bonds is 0. The minimum Gasteiger partial charge on any atom is -1.00 e. The van der Waals surface area contributed by atoms with E-state index in [4.69, 9.17) is 0 Å². The van der Waals surface area contributed by atoms with E-state index in [1.54, 1.807) is 0 Å². The molecule has 0 heterocycles. The van der Waals surface area contributed by atoms with E-state index in [-0.39, 0.29) is 229 Å². The summed E-state index contributed by atoms with van der Waals surface area (Å²) in [4.78, 5) is 0. The van der Waals surface area contributed by atoms with Crippen LogP contribution in [-0.2, 0) is 0 Å². The van der Waals surface area contributed by atoms with E-state index in [1.165, 1.54) is 0 Å². The Balaban J connectivity index is 0. The van der Waals surface area contributed by atoms with Crippen molar-refractivity contribution < 1.29 is 155 Å². The molecule has 0 amide bonds. The minimum atomic E-state index is 0. The quantitative estimate of drug-likeness (QED) is 0.385. The van der Waals surface area contributed by atoms with Crippen LogP contribution < -0.4 is 148 Å². The van der Waals surface area contributed by atoms with Crippen molar-refractivity contribution in [2.45, 2.75) is 0 Å². The Morgan fingerprint density at radius 1 is 0.273 bits per heavy atom. The van der Waals surface area contributed by atoms with Gasteiger partial charge in [-0.1, -0.05) is 0 Å². The van der Waals surface area contributed by atoms with E-state index in [2.05, 4.69) is 0 Å². The van der Waals surface area contributed by atoms with Gasteiger partial charge in [0.1, 0.15) is 0 Å². The Morgan fingerprint density at radius 3 is 0.273 bits per heavy atom. The van der Waals surface area contributed by atoms with Crippen molar-refractivity contribution >= 4 is 74.4 Å². The first-order valence-corrected chi connectivity index (χ1v) is 0. The fourth-order valence-corrected chi connectivity index (χ4v) is 0. The van der Waals surface area contributed by atoms with E-state index in [0.29, 0.717) is 0 Å². The third-order valence-corrected chi connectivity index (χ3v) is 0. The Morgan fingerprint density at radius 2 is 0.273 bits per heavy atom. The predicted molar refractivity (Wildman–Crippen MR) is 49.0 cm³/mol. The van der Waals surface area contributed by atoms with Gasteiger partial charge in [-0.3, -0.25) is 0 Å². The van der Waals surface area contributed by atoms with Crippen molar-refractivity contribution in [2.24, 2.45) is 0 Å². The smallest absolute Gasteiger partial charge is 1.00 e. The maximum atomic E-state index is 0. The average molecular weight is 339 g/mol. The second-order valence-corrected chi connectivity index (χ2v) is 0. The van der Waals surface area contributed by atoms with E-state index in [9.17, 15) is 0 Å². The van der Waals surface area contributed by atoms with Gasteiger partial charge >= 0.3 is 148 Å². The van der Waals surface area contributed by atoms with Crippen LogP contribution in [0.2, 0.25) is 0 Å². The molecule has 0 spiro atoms. The summed E-state index contributed by atoms with van der Waals surface area (Å²) >= 11 is 0. The van der Waals surface area contributed by atoms with Crippen LogP contribution in [0.3, 0.4) is 0 Å². The third kappa shape index (κ3) is 80.1. The third-order valence-electron chi connectivity index (χ3n) is 0. The molecule has 0 aliphatic carbocycles. The van der Waals surface area contributed by atoms with Crippen LogP contribution in [0.15, 0.2) is 0 Å². The average Bonchev–Trinajstić information content (AvgIpc) is 0. The molecule has 0 saturated carbocycles. The van der Waals surface area contributed by atoms with Crippen LogP contribution in [0.4, 0.5) is 0 Å². The standard InChI is InChI=1S/6ClH.5Na.5H/h6*1H;;;;;;;;;;/q;;;;;;5*+1;5*-1. The molecular formula is H11Cl6Na5. The zero-order valence-electron chi connectivity index (χ0n) is 12.4. The Kier molecular flexibility index (Phi) is 908. The van der Waals surface area contributed by atoms with Crippen LogP contribution in [0.25, 0.3) is 0 Å². The fourth-order valence-electron chi connectivity index (χ4n) is 0. The van der Waals surface area contributed by atoms with Crippen LogP contribution >= 0.6 is 74.4 Å². The van der Waals surface area contributed by atoms with E-state index >= 15 is 0 Å². The summed E-state index contributed by atoms with van der Waals surface area (Å²) in [6.07, 6.45) is 0. The summed E-state index contributed by atoms with van der Waals surface area (Å²) in [5.74, 6) is 0. The van der Waals surface area contributed by atoms with Crippen molar-refractivity contribution in [3.8, 4) is 0 Å². The van der Waals surface area contributed by atoms with Gasteiger partial charge in [-0.2, -0.15) is 0 Å². The molecule has 11 heteroatoms. The van der Waals surface area contributed by atoms with E-state index in [0.717, 1.165) is 0 Å². The molecule has 0 aromatic rings. The van der Waals surface area contributed by atoms with Crippen molar-refractivity contribution in [3.63, 3.8) is 0 Å². The molecule has 0 saturated heterocycles. The topological polar surface area (TPSA) is 0 Å². The van der Waals surface area contributed by atoms with Gasteiger partial charge in [-0.05, 0) is 0 Å². The van der Waals surface area contributed by atoms with Crippen molar-refractivity contribution in [3.05, 3.63) is 0 Å². The maximum Gasteiger partial charge on any atom is 1.00 e. The predicted octanol–water partition coefficient (Wildman–Crippen LogP) is -11.9. The molecular weight excluding hydrogens is 328 g/mol. The molecule has 11 heavy (non-hydrogen) atoms. The van der Waals surface area contributed by atoms with Gasteiger partial charge < -0.3 is 7.13 Å². The van der Waals surface area contributed by atoms with Gasteiger partial charge in [0.15, 0.2) is 0 Å². The molecule has 58 valence electrons. The van der Waals surface area contributed by atoms with Gasteiger partial charge in [0.05, 0.1) is 0 Å². The van der Waals surface area contributed by atoms with E-state index < -0.39 is 0 Å². The molecule has 0 aromatic carbocycles. The van der Waals surface area contributed by atoms with E-state index in [1.807, 2.05) is 0 Å². The summed E-state index contributed by atoms with van der Waals surface area (Å²) in [6.45, 7) is 0. The monoisotopic (exact) mass is 336 g/mol. The molecule has 0 aliphatic rings. The van der Waals surface area contributed by atoms with Crippen LogP contribution in [0, 0.1) is 0 Å². The summed E-state index contributed by atoms with van der Waals surface area (Å²) in [5.41, 5.74) is 0. The van der Waals surface area contributed by atoms with Gasteiger partial charge in [0, 0.05) is 0 Å². The van der Waals surface area contributed by atoms with Gasteiger partial charge in [-0.15, -0.1) is 74.4 Å². The Labute approximate surface area is 224 Å². The maximum absolute atomic E-state index is 0. The molecule has 0 radical (unpaired) electrons. The molecule has 0 nitrogen and oxygen atoms in total. The molecule has 0 atom stereocenters. The molecule has 0 aromatic heterocycles. The number of hydrogen-bond donors (Lipinski definition) is 0. The molecule has 0 rings (SSSR count). The summed E-state index contributed by atoms with van der Waals surface area (Å²) in [5, 5.41) is 0. The second kappa shape index (κ2) is 91.3. The second-order valence-electron chi connectivity index (χ2n) is 0.